The van der Waals surface area contributed by atoms with E-state index in [0.717, 1.165) is 23.8 Å². The summed E-state index contributed by atoms with van der Waals surface area (Å²) in [5.74, 6) is 2.83. The van der Waals surface area contributed by atoms with Gasteiger partial charge in [-0.15, -0.1) is 0 Å². The molecule has 0 aromatic heterocycles. The third-order valence-electron chi connectivity index (χ3n) is 6.73. The van der Waals surface area contributed by atoms with Gasteiger partial charge in [0.05, 0.1) is 13.7 Å². The smallest absolute Gasteiger partial charge is 0.165 e. The Morgan fingerprint density at radius 1 is 1.29 bits per heavy atom. The third-order valence-corrected chi connectivity index (χ3v) is 6.73. The summed E-state index contributed by atoms with van der Waals surface area (Å²) < 4.78 is 17.6. The highest BCUT2D eigenvalue weighted by Crippen LogP contribution is 2.58. The Morgan fingerprint density at radius 3 is 2.92 bits per heavy atom. The molecule has 1 spiro atoms. The van der Waals surface area contributed by atoms with Crippen LogP contribution < -0.4 is 9.47 Å². The predicted molar refractivity (Wildman–Crippen MR) is 92.0 cm³/mol. The minimum absolute atomic E-state index is 0.123. The Morgan fingerprint density at radius 2 is 2.17 bits per heavy atom. The van der Waals surface area contributed by atoms with Gasteiger partial charge in [-0.05, 0) is 56.2 Å². The van der Waals surface area contributed by atoms with E-state index in [9.17, 15) is 0 Å². The fourth-order valence-electron chi connectivity index (χ4n) is 5.38. The lowest BCUT2D eigenvalue weighted by Crippen LogP contribution is -2.57. The number of piperidine rings is 1. The van der Waals surface area contributed by atoms with Crippen molar-refractivity contribution in [2.45, 2.75) is 49.7 Å². The van der Waals surface area contributed by atoms with Crippen molar-refractivity contribution >= 4 is 0 Å². The van der Waals surface area contributed by atoms with Gasteiger partial charge in [0, 0.05) is 30.7 Å². The van der Waals surface area contributed by atoms with Crippen LogP contribution in [0.5, 0.6) is 11.5 Å². The maximum Gasteiger partial charge on any atom is 0.165 e. The summed E-state index contributed by atoms with van der Waals surface area (Å²) in [7, 11) is 3.52. The minimum Gasteiger partial charge on any atom is -0.493 e. The Bertz CT molecular complexity index is 657. The van der Waals surface area contributed by atoms with E-state index >= 15 is 0 Å². The molecular weight excluding hydrogens is 302 g/mol. The number of ether oxygens (including phenoxy) is 3. The molecule has 2 fully saturated rings. The molecule has 1 aromatic carbocycles. The van der Waals surface area contributed by atoms with E-state index < -0.39 is 0 Å². The summed E-state index contributed by atoms with van der Waals surface area (Å²) >= 11 is 0. The van der Waals surface area contributed by atoms with Gasteiger partial charge in [-0.3, -0.25) is 4.90 Å². The average Bonchev–Trinajstić information content (AvgIpc) is 3.36. The molecule has 4 nitrogen and oxygen atoms in total. The zero-order valence-corrected chi connectivity index (χ0v) is 14.7. The van der Waals surface area contributed by atoms with Gasteiger partial charge < -0.3 is 14.2 Å². The molecule has 5 rings (SSSR count). The maximum atomic E-state index is 6.43. The summed E-state index contributed by atoms with van der Waals surface area (Å²) in [6, 6.07) is 5.02. The highest BCUT2D eigenvalue weighted by molar-refractivity contribution is 5.60. The van der Waals surface area contributed by atoms with Crippen molar-refractivity contribution in [1.29, 1.82) is 0 Å². The fourth-order valence-corrected chi connectivity index (χ4v) is 5.38. The lowest BCUT2D eigenvalue weighted by Gasteiger charge is -2.50. The molecule has 4 heteroatoms. The van der Waals surface area contributed by atoms with Gasteiger partial charge in [0.25, 0.3) is 0 Å². The molecule has 2 bridgehead atoms. The first-order valence-electron chi connectivity index (χ1n) is 9.35. The molecule has 2 aliphatic carbocycles. The van der Waals surface area contributed by atoms with Crippen LogP contribution in [0.2, 0.25) is 0 Å². The van der Waals surface area contributed by atoms with E-state index in [2.05, 4.69) is 17.0 Å². The molecule has 0 N–H and O–H groups in total. The molecule has 0 unspecified atom stereocenters. The van der Waals surface area contributed by atoms with Gasteiger partial charge in [-0.25, -0.2) is 0 Å². The van der Waals surface area contributed by atoms with E-state index in [-0.39, 0.29) is 11.5 Å². The van der Waals surface area contributed by atoms with Crippen molar-refractivity contribution in [3.8, 4) is 11.5 Å². The Balaban J connectivity index is 1.56. The van der Waals surface area contributed by atoms with Crippen LogP contribution in [0.4, 0.5) is 0 Å². The van der Waals surface area contributed by atoms with Crippen molar-refractivity contribution in [2.24, 2.45) is 5.92 Å². The van der Waals surface area contributed by atoms with Crippen LogP contribution in [0.3, 0.4) is 0 Å². The Hall–Kier alpha value is -1.26. The quantitative estimate of drug-likeness (QED) is 0.831. The summed E-state index contributed by atoms with van der Waals surface area (Å²) in [6.45, 7) is 3.16. The first kappa shape index (κ1) is 15.0. The van der Waals surface area contributed by atoms with E-state index in [1.807, 2.05) is 0 Å². The van der Waals surface area contributed by atoms with Gasteiger partial charge in [-0.1, -0.05) is 6.07 Å². The number of benzene rings is 1. The highest BCUT2D eigenvalue weighted by Gasteiger charge is 2.57. The molecule has 2 aliphatic heterocycles. The van der Waals surface area contributed by atoms with Crippen molar-refractivity contribution < 1.29 is 14.2 Å². The van der Waals surface area contributed by atoms with Crippen molar-refractivity contribution in [3.05, 3.63) is 23.3 Å². The zero-order valence-electron chi connectivity index (χ0n) is 14.7. The second kappa shape index (κ2) is 5.37. The molecular formula is C20H27NO3. The molecule has 0 radical (unpaired) electrons. The van der Waals surface area contributed by atoms with Crippen LogP contribution in [0.25, 0.3) is 0 Å². The molecule has 130 valence electrons. The molecule has 1 aromatic rings. The number of rotatable bonds is 5. The van der Waals surface area contributed by atoms with Crippen LogP contribution in [0.1, 0.15) is 36.8 Å². The third kappa shape index (κ3) is 2.05. The number of hydrogen-bond acceptors (Lipinski definition) is 4. The van der Waals surface area contributed by atoms with Crippen LogP contribution >= 0.6 is 0 Å². The van der Waals surface area contributed by atoms with Crippen molar-refractivity contribution in [1.82, 2.24) is 4.90 Å². The largest absolute Gasteiger partial charge is 0.493 e. The topological polar surface area (TPSA) is 30.9 Å². The normalized spacial score (nSPS) is 33.9. The fraction of sp³-hybridized carbons (Fsp3) is 0.700. The molecule has 3 atom stereocenters. The summed E-state index contributed by atoms with van der Waals surface area (Å²) in [5.41, 5.74) is 3.03. The SMILES string of the molecule is COC[C@@H]1Oc2c(OC)ccc3c2[C@@]12CCN(CC1CC1)[C@H](C3)C2. The number of nitrogens with zero attached hydrogens (tertiary/aromatic N) is 1. The Kier molecular flexibility index (Phi) is 3.36. The van der Waals surface area contributed by atoms with Crippen molar-refractivity contribution in [3.63, 3.8) is 0 Å². The molecule has 4 aliphatic rings. The first-order valence-corrected chi connectivity index (χ1v) is 9.35. The summed E-state index contributed by atoms with van der Waals surface area (Å²) in [5, 5.41) is 0. The van der Waals surface area contributed by atoms with Gasteiger partial charge >= 0.3 is 0 Å². The van der Waals surface area contributed by atoms with Crippen LogP contribution in [-0.2, 0) is 16.6 Å². The average molecular weight is 329 g/mol. The van der Waals surface area contributed by atoms with Gasteiger partial charge in [0.2, 0.25) is 0 Å². The molecule has 0 amide bonds. The van der Waals surface area contributed by atoms with Crippen molar-refractivity contribution in [2.75, 3.05) is 33.9 Å². The van der Waals surface area contributed by atoms with E-state index in [1.165, 1.54) is 49.9 Å². The Labute approximate surface area is 144 Å². The standard InChI is InChI=1S/C20H27NO3/c1-22-12-17-20-7-8-21(11-13-3-4-13)15(10-20)9-14-5-6-16(23-2)19(24-17)18(14)20/h5-6,13,15,17H,3-4,7-12H2,1-2H3/t15-,17+,20-/m1/s1. The first-order chi connectivity index (χ1) is 11.7. The molecule has 1 saturated heterocycles. The van der Waals surface area contributed by atoms with Crippen LogP contribution in [0, 0.1) is 5.92 Å². The second-order valence-corrected chi connectivity index (χ2v) is 8.10. The number of likely N-dealkylation sites (tertiary alicyclic amines) is 1. The lowest BCUT2D eigenvalue weighted by molar-refractivity contribution is -0.00532. The van der Waals surface area contributed by atoms with Gasteiger partial charge in [0.15, 0.2) is 11.5 Å². The number of fused-ring (bicyclic) bond motifs is 1. The van der Waals surface area contributed by atoms with E-state index in [0.29, 0.717) is 12.6 Å². The van der Waals surface area contributed by atoms with E-state index in [1.54, 1.807) is 14.2 Å². The molecule has 24 heavy (non-hydrogen) atoms. The molecule has 2 heterocycles. The zero-order chi connectivity index (χ0) is 16.3. The van der Waals surface area contributed by atoms with Crippen LogP contribution in [0.15, 0.2) is 12.1 Å². The van der Waals surface area contributed by atoms with E-state index in [4.69, 9.17) is 14.2 Å². The summed E-state index contributed by atoms with van der Waals surface area (Å²) in [4.78, 5) is 2.76. The minimum atomic E-state index is 0.123. The number of hydrogen-bond donors (Lipinski definition) is 0. The second-order valence-electron chi connectivity index (χ2n) is 8.10. The summed E-state index contributed by atoms with van der Waals surface area (Å²) in [6.07, 6.45) is 6.53. The number of methoxy groups -OCH3 is 2. The molecule has 1 saturated carbocycles. The monoisotopic (exact) mass is 329 g/mol. The van der Waals surface area contributed by atoms with Crippen LogP contribution in [-0.4, -0.2) is 51.0 Å². The highest BCUT2D eigenvalue weighted by atomic mass is 16.5. The van der Waals surface area contributed by atoms with Gasteiger partial charge in [-0.2, -0.15) is 0 Å². The predicted octanol–water partition coefficient (Wildman–Crippen LogP) is 2.77. The maximum absolute atomic E-state index is 6.43. The van der Waals surface area contributed by atoms with Gasteiger partial charge in [0.1, 0.15) is 6.10 Å². The lowest BCUT2D eigenvalue weighted by atomic mass is 9.62.